The minimum atomic E-state index is 1.03. The lowest BCUT2D eigenvalue weighted by atomic mass is 9.99. The van der Waals surface area contributed by atoms with E-state index in [1.54, 1.807) is 0 Å². The highest BCUT2D eigenvalue weighted by Crippen LogP contribution is 2.46. The molecule has 2 heterocycles. The quantitative estimate of drug-likeness (QED) is 0.108. The lowest BCUT2D eigenvalue weighted by Crippen LogP contribution is -2.13. The summed E-state index contributed by atoms with van der Waals surface area (Å²) in [4.78, 5) is 4.81. The number of anilines is 6. The molecule has 17 aromatic rings. The van der Waals surface area contributed by atoms with Crippen LogP contribution in [0.1, 0.15) is 0 Å². The molecule has 0 saturated carbocycles. The van der Waals surface area contributed by atoms with E-state index in [4.69, 9.17) is 0 Å². The summed E-state index contributed by atoms with van der Waals surface area (Å²) in [5.74, 6) is 0. The molecule has 0 atom stereocenters. The summed E-state index contributed by atoms with van der Waals surface area (Å²) in [6, 6.07) is 137. The normalized spacial score (nSPS) is 11.4. The van der Waals surface area contributed by atoms with Crippen LogP contribution in [0, 0.1) is 0 Å². The van der Waals surface area contributed by atoms with Gasteiger partial charge in [-0.2, -0.15) is 0 Å². The Kier molecular flexibility index (Phi) is 14.2. The van der Waals surface area contributed by atoms with Crippen molar-refractivity contribution in [1.29, 1.82) is 0 Å². The molecule has 0 radical (unpaired) electrons. The Hall–Kier alpha value is -12.5. The molecule has 0 spiro atoms. The van der Waals surface area contributed by atoms with Crippen LogP contribution in [0.25, 0.3) is 122 Å². The second kappa shape index (κ2) is 24.0. The van der Waals surface area contributed by atoms with E-state index < -0.39 is 0 Å². The van der Waals surface area contributed by atoms with Gasteiger partial charge < -0.3 is 18.9 Å². The number of fused-ring (bicyclic) bond motifs is 6. The van der Waals surface area contributed by atoms with Crippen LogP contribution in [-0.4, -0.2) is 9.13 Å². The van der Waals surface area contributed by atoms with Gasteiger partial charge in [-0.05, 0) is 194 Å². The third-order valence-electron chi connectivity index (χ3n) is 18.5. The molecule has 0 amide bonds. The van der Waals surface area contributed by atoms with Crippen molar-refractivity contribution in [2.45, 2.75) is 0 Å². The fraction of sp³-hybridized carbons (Fsp3) is 0. The molecule has 442 valence electrons. The van der Waals surface area contributed by atoms with Crippen molar-refractivity contribution in [3.8, 4) is 78.1 Å². The Balaban J connectivity index is 0.803. The van der Waals surface area contributed by atoms with E-state index in [9.17, 15) is 0 Å². The first-order valence-electron chi connectivity index (χ1n) is 32.2. The van der Waals surface area contributed by atoms with Gasteiger partial charge in [-0.25, -0.2) is 0 Å². The van der Waals surface area contributed by atoms with Gasteiger partial charge in [-0.3, -0.25) is 0 Å². The summed E-state index contributed by atoms with van der Waals surface area (Å²) in [6.45, 7) is 0. The zero-order valence-electron chi connectivity index (χ0n) is 51.6. The molecule has 94 heavy (non-hydrogen) atoms. The monoisotopic (exact) mass is 1200 g/mol. The van der Waals surface area contributed by atoms with Gasteiger partial charge in [-0.15, -0.1) is 0 Å². The Morgan fingerprint density at radius 1 is 0.149 bits per heavy atom. The number of benzene rings is 15. The number of para-hydroxylation sites is 2. The minimum absolute atomic E-state index is 1.03. The fourth-order valence-corrected chi connectivity index (χ4v) is 13.9. The van der Waals surface area contributed by atoms with Crippen LogP contribution in [0.2, 0.25) is 0 Å². The maximum Gasteiger partial charge on any atom is 0.0542 e. The summed E-state index contributed by atoms with van der Waals surface area (Å²) < 4.78 is 4.85. The third-order valence-corrected chi connectivity index (χ3v) is 18.5. The molecular weight excluding hydrogens is 1140 g/mol. The SMILES string of the molecule is c1ccc(-c2ccc(-c3ccc4c(c3)c3cc(N(c5ccccc5)c5cccc(N(c6ccccc6)c6ccc7c(c6)c6cc(-c8ccc(-c9ccccc9)cc8)ccc6n7-c6ccc(-c7ccccc7)cc6)c5)ccc3n4-c3ccc(-c4ccccc4)cc3)cc2)cc1. The molecule has 0 saturated heterocycles. The molecule has 0 unspecified atom stereocenters. The Bertz CT molecular complexity index is 5190. The molecule has 4 nitrogen and oxygen atoms in total. The van der Waals surface area contributed by atoms with E-state index in [0.717, 1.165) is 78.3 Å². The lowest BCUT2D eigenvalue weighted by molar-refractivity contribution is 1.18. The third kappa shape index (κ3) is 10.4. The molecular formula is C90H62N4. The molecule has 15 aromatic carbocycles. The average molecular weight is 1200 g/mol. The maximum absolute atomic E-state index is 2.43. The second-order valence-electron chi connectivity index (χ2n) is 24.1. The van der Waals surface area contributed by atoms with E-state index in [2.05, 4.69) is 395 Å². The Morgan fingerprint density at radius 2 is 0.372 bits per heavy atom. The second-order valence-corrected chi connectivity index (χ2v) is 24.1. The highest BCUT2D eigenvalue weighted by atomic mass is 15.2. The summed E-state index contributed by atoms with van der Waals surface area (Å²) >= 11 is 0. The van der Waals surface area contributed by atoms with Gasteiger partial charge in [0.25, 0.3) is 0 Å². The summed E-state index contributed by atoms with van der Waals surface area (Å²) in [7, 11) is 0. The predicted octanol–water partition coefficient (Wildman–Crippen LogP) is 24.8. The van der Waals surface area contributed by atoms with Gasteiger partial charge in [0, 0.05) is 67.0 Å². The smallest absolute Gasteiger partial charge is 0.0542 e. The van der Waals surface area contributed by atoms with Crippen LogP contribution in [0.3, 0.4) is 0 Å². The molecule has 0 N–H and O–H groups in total. The van der Waals surface area contributed by atoms with Crippen molar-refractivity contribution in [3.63, 3.8) is 0 Å². The molecule has 0 bridgehead atoms. The zero-order valence-corrected chi connectivity index (χ0v) is 51.6. The lowest BCUT2D eigenvalue weighted by Gasteiger charge is -2.29. The fourth-order valence-electron chi connectivity index (χ4n) is 13.9. The first-order chi connectivity index (χ1) is 46.6. The minimum Gasteiger partial charge on any atom is -0.310 e. The van der Waals surface area contributed by atoms with Crippen molar-refractivity contribution in [1.82, 2.24) is 9.13 Å². The van der Waals surface area contributed by atoms with E-state index in [0.29, 0.717) is 0 Å². The number of hydrogen-bond acceptors (Lipinski definition) is 2. The van der Waals surface area contributed by atoms with E-state index in [1.165, 1.54) is 77.5 Å². The summed E-state index contributed by atoms with van der Waals surface area (Å²) in [5.41, 5.74) is 27.3. The average Bonchev–Trinajstić information content (AvgIpc) is 1.58. The van der Waals surface area contributed by atoms with E-state index >= 15 is 0 Å². The van der Waals surface area contributed by atoms with Crippen LogP contribution >= 0.6 is 0 Å². The van der Waals surface area contributed by atoms with Crippen molar-refractivity contribution in [2.24, 2.45) is 0 Å². The Labute approximate surface area is 547 Å². The van der Waals surface area contributed by atoms with Gasteiger partial charge in [0.15, 0.2) is 0 Å². The first-order valence-corrected chi connectivity index (χ1v) is 32.2. The molecule has 4 heteroatoms. The van der Waals surface area contributed by atoms with Gasteiger partial charge in [0.2, 0.25) is 0 Å². The van der Waals surface area contributed by atoms with Gasteiger partial charge in [0.1, 0.15) is 0 Å². The number of aromatic nitrogens is 2. The molecule has 17 rings (SSSR count). The first kappa shape index (κ1) is 55.6. The molecule has 0 fully saturated rings. The number of nitrogens with zero attached hydrogens (tertiary/aromatic N) is 4. The topological polar surface area (TPSA) is 16.3 Å². The van der Waals surface area contributed by atoms with Crippen LogP contribution < -0.4 is 9.80 Å². The van der Waals surface area contributed by atoms with Crippen LogP contribution in [0.5, 0.6) is 0 Å². The molecule has 2 aromatic heterocycles. The van der Waals surface area contributed by atoms with Crippen molar-refractivity contribution in [2.75, 3.05) is 9.80 Å². The molecule has 0 aliphatic carbocycles. The van der Waals surface area contributed by atoms with Gasteiger partial charge >= 0.3 is 0 Å². The summed E-state index contributed by atoms with van der Waals surface area (Å²) in [5, 5.41) is 4.69. The highest BCUT2D eigenvalue weighted by molar-refractivity contribution is 6.13. The van der Waals surface area contributed by atoms with E-state index in [-0.39, 0.29) is 0 Å². The molecule has 0 aliphatic heterocycles. The van der Waals surface area contributed by atoms with Crippen molar-refractivity contribution < 1.29 is 0 Å². The van der Waals surface area contributed by atoms with Crippen LogP contribution in [-0.2, 0) is 0 Å². The highest BCUT2D eigenvalue weighted by Gasteiger charge is 2.23. The van der Waals surface area contributed by atoms with Crippen LogP contribution in [0.15, 0.2) is 376 Å². The summed E-state index contributed by atoms with van der Waals surface area (Å²) in [6.07, 6.45) is 0. The number of hydrogen-bond donors (Lipinski definition) is 0. The van der Waals surface area contributed by atoms with Gasteiger partial charge in [-0.1, -0.05) is 249 Å². The zero-order chi connectivity index (χ0) is 62.3. The Morgan fingerprint density at radius 3 is 0.691 bits per heavy atom. The van der Waals surface area contributed by atoms with Crippen molar-refractivity contribution >= 4 is 77.7 Å². The van der Waals surface area contributed by atoms with Crippen molar-refractivity contribution in [3.05, 3.63) is 376 Å². The van der Waals surface area contributed by atoms with Crippen LogP contribution in [0.4, 0.5) is 34.1 Å². The molecule has 0 aliphatic rings. The van der Waals surface area contributed by atoms with Gasteiger partial charge in [0.05, 0.1) is 22.1 Å². The van der Waals surface area contributed by atoms with E-state index in [1.807, 2.05) is 0 Å². The largest absolute Gasteiger partial charge is 0.310 e. The maximum atomic E-state index is 2.43. The standard InChI is InChI=1S/C90H62N4/c1-7-20-63(21-8-1)67-34-38-71(39-35-67)73-46-54-87-83(58-73)85-61-81(52-56-89(85)93(87)77-48-42-69(43-49-77)65-24-11-3-12-25-65)91(75-28-15-5-16-29-75)79-32-19-33-80(60-79)92(76-30-17-6-18-31-76)82-53-57-90-86(62-82)84-59-74(72-40-36-68(37-41-72)64-22-9-2-10-23-64)47-55-88(84)94(90)78-50-44-70(45-51-78)66-26-13-4-14-27-66/h1-62H. The predicted molar refractivity (Wildman–Crippen MR) is 397 cm³/mol. The number of rotatable bonds is 14.